The molecule has 2 aromatic rings. The molecule has 0 saturated heterocycles. The van der Waals surface area contributed by atoms with Crippen LogP contribution in [0.5, 0.6) is 0 Å². The Bertz CT molecular complexity index is 797. The van der Waals surface area contributed by atoms with Crippen LogP contribution in [0.1, 0.15) is 42.4 Å². The maximum atomic E-state index is 12.7. The minimum absolute atomic E-state index is 0.0751. The van der Waals surface area contributed by atoms with E-state index in [0.717, 1.165) is 5.69 Å². The predicted molar refractivity (Wildman–Crippen MR) is 77.4 cm³/mol. The molecule has 0 radical (unpaired) electrons. The lowest BCUT2D eigenvalue weighted by Crippen LogP contribution is -2.20. The van der Waals surface area contributed by atoms with Gasteiger partial charge in [0.2, 0.25) is 0 Å². The molecule has 6 heteroatoms. The third-order valence-electron chi connectivity index (χ3n) is 3.70. The van der Waals surface area contributed by atoms with Gasteiger partial charge in [-0.1, -0.05) is 20.8 Å². The summed E-state index contributed by atoms with van der Waals surface area (Å²) in [7, 11) is 1.82. The van der Waals surface area contributed by atoms with Crippen molar-refractivity contribution in [3.8, 4) is 11.3 Å². The summed E-state index contributed by atoms with van der Waals surface area (Å²) < 4.78 is 1.73. The fraction of sp³-hybridized carbons (Fsp3) is 0.333. The zero-order valence-electron chi connectivity index (χ0n) is 12.3. The third kappa shape index (κ3) is 1.79. The number of benzene rings is 1. The quantitative estimate of drug-likeness (QED) is 0.508. The van der Waals surface area contributed by atoms with Crippen molar-refractivity contribution >= 4 is 11.5 Å². The molecule has 21 heavy (non-hydrogen) atoms. The molecule has 0 amide bonds. The van der Waals surface area contributed by atoms with Gasteiger partial charge in [0.25, 0.3) is 5.69 Å². The summed E-state index contributed by atoms with van der Waals surface area (Å²) >= 11 is 0. The summed E-state index contributed by atoms with van der Waals surface area (Å²) in [5, 5.41) is 15.3. The van der Waals surface area contributed by atoms with E-state index in [1.807, 2.05) is 27.8 Å². The van der Waals surface area contributed by atoms with Crippen LogP contribution in [0.2, 0.25) is 0 Å². The number of rotatable bonds is 1. The van der Waals surface area contributed by atoms with Gasteiger partial charge in [0, 0.05) is 35.7 Å². The molecule has 1 heterocycles. The Morgan fingerprint density at radius 3 is 2.48 bits per heavy atom. The summed E-state index contributed by atoms with van der Waals surface area (Å²) in [4.78, 5) is 23.0. The van der Waals surface area contributed by atoms with E-state index in [-0.39, 0.29) is 16.9 Å². The van der Waals surface area contributed by atoms with Crippen molar-refractivity contribution in [1.29, 1.82) is 0 Å². The van der Waals surface area contributed by atoms with Crippen LogP contribution in [-0.4, -0.2) is 20.5 Å². The number of nitrogens with zero attached hydrogens (tertiary/aromatic N) is 3. The summed E-state index contributed by atoms with van der Waals surface area (Å²) in [5.74, 6) is -0.179. The Hall–Kier alpha value is -2.50. The number of nitro benzene ring substituents is 1. The smallest absolute Gasteiger partial charge is 0.270 e. The number of fused-ring (bicyclic) bond motifs is 3. The molecule has 1 aromatic carbocycles. The maximum absolute atomic E-state index is 12.7. The van der Waals surface area contributed by atoms with Gasteiger partial charge in [-0.05, 0) is 6.07 Å². The summed E-state index contributed by atoms with van der Waals surface area (Å²) in [6, 6.07) is 4.36. The Morgan fingerprint density at radius 1 is 1.24 bits per heavy atom. The van der Waals surface area contributed by atoms with Gasteiger partial charge in [0.15, 0.2) is 5.78 Å². The van der Waals surface area contributed by atoms with Crippen molar-refractivity contribution in [3.05, 3.63) is 45.1 Å². The van der Waals surface area contributed by atoms with Crippen LogP contribution in [0, 0.1) is 10.1 Å². The first-order valence-corrected chi connectivity index (χ1v) is 6.63. The zero-order valence-corrected chi connectivity index (χ0v) is 12.3. The Balaban J connectivity index is 2.27. The molecule has 1 aromatic heterocycles. The second kappa shape index (κ2) is 4.00. The van der Waals surface area contributed by atoms with Gasteiger partial charge >= 0.3 is 0 Å². The van der Waals surface area contributed by atoms with Gasteiger partial charge in [0.1, 0.15) is 5.69 Å². The molecule has 0 N–H and O–H groups in total. The molecule has 0 unspecified atom stereocenters. The second-order valence-electron chi connectivity index (χ2n) is 6.26. The van der Waals surface area contributed by atoms with Crippen molar-refractivity contribution in [1.82, 2.24) is 9.78 Å². The van der Waals surface area contributed by atoms with E-state index < -0.39 is 4.92 Å². The van der Waals surface area contributed by atoms with Gasteiger partial charge in [-0.3, -0.25) is 19.6 Å². The summed E-state index contributed by atoms with van der Waals surface area (Å²) in [6.07, 6.45) is 0. The molecule has 1 aliphatic carbocycles. The van der Waals surface area contributed by atoms with Crippen LogP contribution in [-0.2, 0) is 12.5 Å². The van der Waals surface area contributed by atoms with E-state index in [1.165, 1.54) is 12.1 Å². The number of hydrogen-bond acceptors (Lipinski definition) is 4. The Labute approximate surface area is 121 Å². The standard InChI is InChI=1S/C15H15N3O3/c1-15(2,3)14-11-12(16-17(14)4)9-6-5-8(18(20)21)7-10(9)13(11)19/h5-7H,1-4H3. The van der Waals surface area contributed by atoms with E-state index in [4.69, 9.17) is 0 Å². The fourth-order valence-electron chi connectivity index (χ4n) is 2.96. The second-order valence-corrected chi connectivity index (χ2v) is 6.26. The molecular formula is C15H15N3O3. The first kappa shape index (κ1) is 13.5. The molecule has 6 nitrogen and oxygen atoms in total. The molecular weight excluding hydrogens is 270 g/mol. The predicted octanol–water partition coefficient (Wildman–Crippen LogP) is 2.84. The highest BCUT2D eigenvalue weighted by molar-refractivity contribution is 6.22. The monoisotopic (exact) mass is 285 g/mol. The Morgan fingerprint density at radius 2 is 1.90 bits per heavy atom. The van der Waals surface area contributed by atoms with E-state index in [0.29, 0.717) is 22.4 Å². The van der Waals surface area contributed by atoms with Crippen LogP contribution in [0.25, 0.3) is 11.3 Å². The molecule has 0 bridgehead atoms. The average Bonchev–Trinajstić information content (AvgIpc) is 2.84. The minimum atomic E-state index is -0.491. The number of carbonyl (C=O) groups is 1. The molecule has 1 aliphatic rings. The van der Waals surface area contributed by atoms with E-state index in [1.54, 1.807) is 10.7 Å². The molecule has 0 saturated carbocycles. The lowest BCUT2D eigenvalue weighted by molar-refractivity contribution is -0.384. The largest absolute Gasteiger partial charge is 0.288 e. The van der Waals surface area contributed by atoms with E-state index in [2.05, 4.69) is 5.10 Å². The highest BCUT2D eigenvalue weighted by Gasteiger charge is 2.38. The molecule has 0 atom stereocenters. The lowest BCUT2D eigenvalue weighted by Gasteiger charge is -2.20. The summed E-state index contributed by atoms with van der Waals surface area (Å²) in [6.45, 7) is 6.05. The molecule has 0 fully saturated rings. The first-order valence-electron chi connectivity index (χ1n) is 6.63. The minimum Gasteiger partial charge on any atom is -0.288 e. The van der Waals surface area contributed by atoms with E-state index in [9.17, 15) is 14.9 Å². The van der Waals surface area contributed by atoms with Gasteiger partial charge in [0.05, 0.1) is 16.2 Å². The fourth-order valence-corrected chi connectivity index (χ4v) is 2.96. The zero-order chi connectivity index (χ0) is 15.5. The van der Waals surface area contributed by atoms with Crippen molar-refractivity contribution < 1.29 is 9.72 Å². The SMILES string of the molecule is Cn1nc2c(c1C(C)(C)C)C(=O)c1cc([N+](=O)[O-])ccc1-2. The Kier molecular flexibility index (Phi) is 2.57. The lowest BCUT2D eigenvalue weighted by atomic mass is 9.88. The third-order valence-corrected chi connectivity index (χ3v) is 3.70. The number of aryl methyl sites for hydroxylation is 1. The van der Waals surface area contributed by atoms with Crippen LogP contribution >= 0.6 is 0 Å². The molecule has 108 valence electrons. The van der Waals surface area contributed by atoms with Crippen molar-refractivity contribution in [2.75, 3.05) is 0 Å². The van der Waals surface area contributed by atoms with Gasteiger partial charge < -0.3 is 0 Å². The highest BCUT2D eigenvalue weighted by Crippen LogP contribution is 2.42. The van der Waals surface area contributed by atoms with Gasteiger partial charge in [-0.15, -0.1) is 0 Å². The topological polar surface area (TPSA) is 78.0 Å². The van der Waals surface area contributed by atoms with Crippen molar-refractivity contribution in [3.63, 3.8) is 0 Å². The number of ketones is 1. The van der Waals surface area contributed by atoms with Crippen LogP contribution in [0.15, 0.2) is 18.2 Å². The maximum Gasteiger partial charge on any atom is 0.270 e. The average molecular weight is 285 g/mol. The number of non-ortho nitro benzene ring substituents is 1. The van der Waals surface area contributed by atoms with Crippen LogP contribution < -0.4 is 0 Å². The molecule has 0 spiro atoms. The van der Waals surface area contributed by atoms with Gasteiger partial charge in [-0.25, -0.2) is 0 Å². The number of hydrogen-bond donors (Lipinski definition) is 0. The van der Waals surface area contributed by atoms with Crippen LogP contribution in [0.4, 0.5) is 5.69 Å². The normalized spacial score (nSPS) is 13.2. The summed E-state index contributed by atoms with van der Waals surface area (Å²) in [5.41, 5.74) is 2.77. The molecule has 3 rings (SSSR count). The number of aromatic nitrogens is 2. The van der Waals surface area contributed by atoms with Gasteiger partial charge in [-0.2, -0.15) is 5.10 Å². The van der Waals surface area contributed by atoms with E-state index >= 15 is 0 Å². The van der Waals surface area contributed by atoms with Crippen molar-refractivity contribution in [2.45, 2.75) is 26.2 Å². The van der Waals surface area contributed by atoms with Crippen molar-refractivity contribution in [2.24, 2.45) is 7.05 Å². The van der Waals surface area contributed by atoms with Crippen LogP contribution in [0.3, 0.4) is 0 Å². The molecule has 0 aliphatic heterocycles. The highest BCUT2D eigenvalue weighted by atomic mass is 16.6. The first-order chi connectivity index (χ1) is 9.71. The number of carbonyl (C=O) groups excluding carboxylic acids is 1. The number of nitro groups is 1.